The minimum Gasteiger partial charge on any atom is -0.367 e. The maximum atomic E-state index is 14.5. The minimum absolute atomic E-state index is 0.152. The van der Waals surface area contributed by atoms with Crippen LogP contribution in [-0.2, 0) is 17.8 Å². The molecule has 5 heteroatoms. The molecule has 1 heterocycles. The average molecular weight is 358 g/mol. The molecular formula is C21H24F2N2O. The van der Waals surface area contributed by atoms with Gasteiger partial charge in [0.25, 0.3) is 0 Å². The van der Waals surface area contributed by atoms with E-state index >= 15 is 0 Å². The molecule has 0 radical (unpaired) electrons. The van der Waals surface area contributed by atoms with Crippen molar-refractivity contribution in [2.75, 3.05) is 16.8 Å². The van der Waals surface area contributed by atoms with E-state index in [-0.39, 0.29) is 22.8 Å². The number of halogens is 2. The molecule has 0 unspecified atom stereocenters. The molecule has 1 N–H and O–H groups in total. The van der Waals surface area contributed by atoms with Crippen LogP contribution in [-0.4, -0.2) is 12.5 Å². The third-order valence-corrected chi connectivity index (χ3v) is 4.46. The highest BCUT2D eigenvalue weighted by Crippen LogP contribution is 2.28. The van der Waals surface area contributed by atoms with Gasteiger partial charge in [-0.05, 0) is 53.3 Å². The number of amides is 1. The molecule has 1 aliphatic heterocycles. The highest BCUT2D eigenvalue weighted by atomic mass is 19.1. The van der Waals surface area contributed by atoms with Crippen molar-refractivity contribution in [3.63, 3.8) is 0 Å². The molecular weight excluding hydrogens is 334 g/mol. The summed E-state index contributed by atoms with van der Waals surface area (Å²) in [6, 6.07) is 9.67. The Balaban J connectivity index is 1.72. The summed E-state index contributed by atoms with van der Waals surface area (Å²) in [5.74, 6) is -0.869. The molecule has 0 saturated carbocycles. The summed E-state index contributed by atoms with van der Waals surface area (Å²) in [6.07, 6.45) is 1.05. The van der Waals surface area contributed by atoms with Crippen LogP contribution in [0.2, 0.25) is 0 Å². The zero-order chi connectivity index (χ0) is 18.9. The van der Waals surface area contributed by atoms with Gasteiger partial charge in [-0.2, -0.15) is 0 Å². The fourth-order valence-electron chi connectivity index (χ4n) is 3.22. The number of fused-ring (bicyclic) bond motifs is 1. The maximum absolute atomic E-state index is 14.5. The van der Waals surface area contributed by atoms with Crippen molar-refractivity contribution < 1.29 is 13.6 Å². The van der Waals surface area contributed by atoms with E-state index in [1.54, 1.807) is 18.2 Å². The number of rotatable bonds is 3. The third kappa shape index (κ3) is 4.40. The summed E-state index contributed by atoms with van der Waals surface area (Å²) < 4.78 is 27.8. The SMILES string of the molecule is CC(C)(C)CC(=O)Nc1ccc(N2CCc3cc(F)ccc3C2)cc1F. The molecule has 138 valence electrons. The Bertz CT molecular complexity index is 827. The monoisotopic (exact) mass is 358 g/mol. The second-order valence-electron chi connectivity index (χ2n) is 8.03. The number of benzene rings is 2. The van der Waals surface area contributed by atoms with Crippen molar-refractivity contribution in [2.45, 2.75) is 40.2 Å². The molecule has 0 spiro atoms. The van der Waals surface area contributed by atoms with E-state index in [4.69, 9.17) is 0 Å². The Kier molecular flexibility index (Phi) is 4.99. The third-order valence-electron chi connectivity index (χ3n) is 4.46. The van der Waals surface area contributed by atoms with E-state index < -0.39 is 5.82 Å². The number of anilines is 2. The average Bonchev–Trinajstić information content (AvgIpc) is 2.54. The largest absolute Gasteiger partial charge is 0.367 e. The number of carbonyl (C=O) groups excluding carboxylic acids is 1. The van der Waals surface area contributed by atoms with E-state index in [2.05, 4.69) is 10.2 Å². The molecule has 0 bridgehead atoms. The zero-order valence-corrected chi connectivity index (χ0v) is 15.4. The molecule has 0 aliphatic carbocycles. The minimum atomic E-state index is -0.449. The van der Waals surface area contributed by atoms with Gasteiger partial charge in [0.1, 0.15) is 11.6 Å². The Morgan fingerprint density at radius 1 is 1.12 bits per heavy atom. The van der Waals surface area contributed by atoms with Crippen molar-refractivity contribution in [3.05, 3.63) is 59.2 Å². The van der Waals surface area contributed by atoms with Crippen LogP contribution in [0.25, 0.3) is 0 Å². The summed E-state index contributed by atoms with van der Waals surface area (Å²) in [5.41, 5.74) is 2.86. The molecule has 0 saturated heterocycles. The lowest BCUT2D eigenvalue weighted by atomic mass is 9.92. The fourth-order valence-corrected chi connectivity index (χ4v) is 3.22. The number of nitrogens with one attached hydrogen (secondary N) is 1. The van der Waals surface area contributed by atoms with Gasteiger partial charge in [-0.3, -0.25) is 4.79 Å². The Morgan fingerprint density at radius 2 is 1.88 bits per heavy atom. The molecule has 1 aliphatic rings. The van der Waals surface area contributed by atoms with Crippen LogP contribution < -0.4 is 10.2 Å². The quantitative estimate of drug-likeness (QED) is 0.846. The van der Waals surface area contributed by atoms with Gasteiger partial charge in [-0.25, -0.2) is 8.78 Å². The molecule has 3 rings (SSSR count). The number of nitrogens with zero attached hydrogens (tertiary/aromatic N) is 1. The first kappa shape index (κ1) is 18.4. The predicted molar refractivity (Wildman–Crippen MR) is 100 cm³/mol. The summed E-state index contributed by atoms with van der Waals surface area (Å²) >= 11 is 0. The summed E-state index contributed by atoms with van der Waals surface area (Å²) in [6.45, 7) is 7.21. The van der Waals surface area contributed by atoms with Crippen molar-refractivity contribution in [1.82, 2.24) is 0 Å². The van der Waals surface area contributed by atoms with Gasteiger partial charge < -0.3 is 10.2 Å². The normalized spacial score (nSPS) is 14.1. The Labute approximate surface area is 153 Å². The van der Waals surface area contributed by atoms with Crippen molar-refractivity contribution in [2.24, 2.45) is 5.41 Å². The fraction of sp³-hybridized carbons (Fsp3) is 0.381. The second kappa shape index (κ2) is 7.06. The molecule has 2 aromatic rings. The van der Waals surface area contributed by atoms with Crippen molar-refractivity contribution >= 4 is 17.3 Å². The Hall–Kier alpha value is -2.43. The molecule has 0 atom stereocenters. The Morgan fingerprint density at radius 3 is 2.58 bits per heavy atom. The van der Waals surface area contributed by atoms with Crippen LogP contribution >= 0.6 is 0 Å². The topological polar surface area (TPSA) is 32.3 Å². The lowest BCUT2D eigenvalue weighted by Crippen LogP contribution is -2.30. The number of hydrogen-bond acceptors (Lipinski definition) is 2. The molecule has 0 aromatic heterocycles. The molecule has 26 heavy (non-hydrogen) atoms. The van der Waals surface area contributed by atoms with E-state index in [1.807, 2.05) is 26.8 Å². The van der Waals surface area contributed by atoms with E-state index in [0.29, 0.717) is 19.5 Å². The molecule has 0 fully saturated rings. The summed E-state index contributed by atoms with van der Waals surface area (Å²) in [7, 11) is 0. The van der Waals surface area contributed by atoms with Gasteiger partial charge in [0.05, 0.1) is 5.69 Å². The van der Waals surface area contributed by atoms with Gasteiger partial charge in [-0.15, -0.1) is 0 Å². The molecule has 3 nitrogen and oxygen atoms in total. The van der Waals surface area contributed by atoms with Gasteiger partial charge in [0.2, 0.25) is 5.91 Å². The standard InChI is InChI=1S/C21H24F2N2O/c1-21(2,3)12-20(26)24-19-7-6-17(11-18(19)23)25-9-8-14-10-16(22)5-4-15(14)13-25/h4-7,10-11H,8-9,12-13H2,1-3H3,(H,24,26). The highest BCUT2D eigenvalue weighted by Gasteiger charge is 2.20. The van der Waals surface area contributed by atoms with E-state index in [0.717, 1.165) is 23.2 Å². The smallest absolute Gasteiger partial charge is 0.224 e. The first-order chi connectivity index (χ1) is 12.2. The van der Waals surface area contributed by atoms with E-state index in [1.165, 1.54) is 12.1 Å². The first-order valence-electron chi connectivity index (χ1n) is 8.83. The van der Waals surface area contributed by atoms with Crippen LogP contribution in [0.1, 0.15) is 38.3 Å². The first-order valence-corrected chi connectivity index (χ1v) is 8.83. The van der Waals surface area contributed by atoms with Crippen LogP contribution in [0.15, 0.2) is 36.4 Å². The van der Waals surface area contributed by atoms with Crippen LogP contribution in [0.5, 0.6) is 0 Å². The van der Waals surface area contributed by atoms with Gasteiger partial charge in [0, 0.05) is 25.2 Å². The van der Waals surface area contributed by atoms with Crippen LogP contribution in [0.3, 0.4) is 0 Å². The molecule has 1 amide bonds. The zero-order valence-electron chi connectivity index (χ0n) is 15.4. The van der Waals surface area contributed by atoms with Gasteiger partial charge in [-0.1, -0.05) is 26.8 Å². The van der Waals surface area contributed by atoms with Gasteiger partial charge in [0.15, 0.2) is 0 Å². The van der Waals surface area contributed by atoms with Crippen LogP contribution in [0.4, 0.5) is 20.2 Å². The maximum Gasteiger partial charge on any atom is 0.224 e. The second-order valence-corrected chi connectivity index (χ2v) is 8.03. The van der Waals surface area contributed by atoms with E-state index in [9.17, 15) is 13.6 Å². The predicted octanol–water partition coefficient (Wildman–Crippen LogP) is 4.90. The number of carbonyl (C=O) groups is 1. The van der Waals surface area contributed by atoms with Crippen LogP contribution in [0, 0.1) is 17.0 Å². The number of hydrogen-bond donors (Lipinski definition) is 1. The lowest BCUT2D eigenvalue weighted by Gasteiger charge is -2.31. The van der Waals surface area contributed by atoms with Gasteiger partial charge >= 0.3 is 0 Å². The van der Waals surface area contributed by atoms with Crippen molar-refractivity contribution in [1.29, 1.82) is 0 Å². The molecule has 2 aromatic carbocycles. The highest BCUT2D eigenvalue weighted by molar-refractivity contribution is 5.91. The summed E-state index contributed by atoms with van der Waals surface area (Å²) in [5, 5.41) is 2.64. The lowest BCUT2D eigenvalue weighted by molar-refractivity contribution is -0.117. The summed E-state index contributed by atoms with van der Waals surface area (Å²) in [4.78, 5) is 14.1. The van der Waals surface area contributed by atoms with Crippen molar-refractivity contribution in [3.8, 4) is 0 Å².